The maximum atomic E-state index is 13.5. The maximum Gasteiger partial charge on any atom is 0.240 e. The van der Waals surface area contributed by atoms with Crippen LogP contribution in [-0.2, 0) is 4.79 Å². The molecule has 0 fully saturated rings. The summed E-state index contributed by atoms with van der Waals surface area (Å²) in [5.41, 5.74) is 11.9. The van der Waals surface area contributed by atoms with Gasteiger partial charge in [0.25, 0.3) is 0 Å². The minimum atomic E-state index is -0.677. The smallest absolute Gasteiger partial charge is 0.240 e. The van der Waals surface area contributed by atoms with Crippen molar-refractivity contribution in [3.05, 3.63) is 102 Å². The number of imidazole rings is 1. The highest BCUT2D eigenvalue weighted by Gasteiger charge is 2.36. The number of rotatable bonds is 7. The topological polar surface area (TPSA) is 95.2 Å². The van der Waals surface area contributed by atoms with Crippen LogP contribution in [0.4, 0.5) is 0 Å². The lowest BCUT2D eigenvalue weighted by molar-refractivity contribution is -0.135. The third-order valence-electron chi connectivity index (χ3n) is 6.41. The normalized spacial score (nSPS) is 19.4. The molecule has 0 unspecified atom stereocenters. The Labute approximate surface area is 200 Å². The first kappa shape index (κ1) is 23.5. The molecule has 0 radical (unpaired) electrons. The second-order valence-electron chi connectivity index (χ2n) is 8.78. The van der Waals surface area contributed by atoms with Gasteiger partial charge in [0, 0.05) is 24.2 Å². The van der Waals surface area contributed by atoms with Crippen LogP contribution in [-0.4, -0.2) is 38.5 Å². The second kappa shape index (κ2) is 10.5. The number of aliphatic hydroxyl groups is 1. The van der Waals surface area contributed by atoms with Crippen LogP contribution in [0, 0.1) is 6.92 Å². The molecule has 6 heteroatoms. The molecule has 0 bridgehead atoms. The largest absolute Gasteiger partial charge is 0.508 e. The molecular weight excluding hydrogens is 424 g/mol. The molecule has 4 rings (SSSR count). The Balaban J connectivity index is 1.61. The Morgan fingerprint density at radius 3 is 2.94 bits per heavy atom. The van der Waals surface area contributed by atoms with Crippen molar-refractivity contribution >= 4 is 5.91 Å². The molecule has 2 aromatic rings. The van der Waals surface area contributed by atoms with Crippen LogP contribution in [0.2, 0.25) is 0 Å². The van der Waals surface area contributed by atoms with Gasteiger partial charge in [0.05, 0.1) is 17.8 Å². The highest BCUT2D eigenvalue weighted by molar-refractivity contribution is 5.83. The van der Waals surface area contributed by atoms with E-state index in [-0.39, 0.29) is 17.7 Å². The Bertz CT molecular complexity index is 1170. The van der Waals surface area contributed by atoms with E-state index in [1.165, 1.54) is 23.3 Å². The van der Waals surface area contributed by atoms with Gasteiger partial charge in [-0.15, -0.1) is 0 Å². The van der Waals surface area contributed by atoms with Gasteiger partial charge in [0.15, 0.2) is 0 Å². The van der Waals surface area contributed by atoms with Gasteiger partial charge in [-0.05, 0) is 49.5 Å². The van der Waals surface area contributed by atoms with Crippen molar-refractivity contribution in [1.82, 2.24) is 14.9 Å². The van der Waals surface area contributed by atoms with E-state index in [9.17, 15) is 9.90 Å². The summed E-state index contributed by atoms with van der Waals surface area (Å²) in [7, 11) is 0. The maximum absolute atomic E-state index is 13.5. The number of aromatic nitrogens is 2. The van der Waals surface area contributed by atoms with Crippen LogP contribution in [0.1, 0.15) is 43.2 Å². The molecule has 34 heavy (non-hydrogen) atoms. The summed E-state index contributed by atoms with van der Waals surface area (Å²) in [5.74, 6) is 0.763. The minimum absolute atomic E-state index is 0.0690. The van der Waals surface area contributed by atoms with Gasteiger partial charge in [-0.3, -0.25) is 4.79 Å². The molecule has 0 saturated carbocycles. The summed E-state index contributed by atoms with van der Waals surface area (Å²) in [5, 5.41) is 9.48. The van der Waals surface area contributed by atoms with Crippen LogP contribution >= 0.6 is 0 Å². The fourth-order valence-corrected chi connectivity index (χ4v) is 4.56. The Hall–Kier alpha value is -3.64. The van der Waals surface area contributed by atoms with Crippen molar-refractivity contribution in [3.8, 4) is 11.3 Å². The predicted octanol–water partition coefficient (Wildman–Crippen LogP) is 5.21. The van der Waals surface area contributed by atoms with Gasteiger partial charge < -0.3 is 20.7 Å². The average molecular weight is 457 g/mol. The summed E-state index contributed by atoms with van der Waals surface area (Å²) >= 11 is 0. The zero-order valence-corrected chi connectivity index (χ0v) is 19.6. The predicted molar refractivity (Wildman–Crippen MR) is 136 cm³/mol. The standard InChI is InChI=1S/C28H32N4O2/c1-3-23(33)15-9-10-16-24(29)28(34)32-18-22-14-8-7-13-21(22)17-25(32)27-30-19(2)26(31-27)20-11-5-4-6-12-20/h3-7,9-13,15,24-25,33H,1,8,14,16-18,29H2,2H3,(H,30,31)/b10-9+,23-15+/t24-,25-/m0/s1. The van der Waals surface area contributed by atoms with Gasteiger partial charge in [-0.25, -0.2) is 4.98 Å². The number of benzene rings is 1. The summed E-state index contributed by atoms with van der Waals surface area (Å²) in [6.07, 6.45) is 13.8. The molecule has 2 heterocycles. The van der Waals surface area contributed by atoms with Crippen LogP contribution in [0.25, 0.3) is 11.3 Å². The van der Waals surface area contributed by atoms with Crippen molar-refractivity contribution in [1.29, 1.82) is 0 Å². The number of allylic oxidation sites excluding steroid dienone is 5. The fourth-order valence-electron chi connectivity index (χ4n) is 4.56. The number of nitrogens with two attached hydrogens (primary N) is 1. The number of carbonyl (C=O) groups excluding carboxylic acids is 1. The van der Waals surface area contributed by atoms with E-state index < -0.39 is 6.04 Å². The Kier molecular flexibility index (Phi) is 7.28. The van der Waals surface area contributed by atoms with E-state index in [4.69, 9.17) is 10.7 Å². The summed E-state index contributed by atoms with van der Waals surface area (Å²) in [4.78, 5) is 23.8. The van der Waals surface area contributed by atoms with Gasteiger partial charge in [0.1, 0.15) is 11.6 Å². The summed E-state index contributed by atoms with van der Waals surface area (Å²) in [6.45, 7) is 6.09. The molecule has 1 aromatic heterocycles. The quantitative estimate of drug-likeness (QED) is 0.394. The van der Waals surface area contributed by atoms with Gasteiger partial charge >= 0.3 is 0 Å². The number of nitrogens with one attached hydrogen (secondary N) is 1. The Morgan fingerprint density at radius 2 is 2.18 bits per heavy atom. The van der Waals surface area contributed by atoms with Gasteiger partial charge in [-0.1, -0.05) is 61.2 Å². The minimum Gasteiger partial charge on any atom is -0.508 e. The molecule has 4 N–H and O–H groups in total. The van der Waals surface area contributed by atoms with Crippen molar-refractivity contribution in [2.75, 3.05) is 6.54 Å². The number of H-pyrrole nitrogens is 1. The lowest BCUT2D eigenvalue weighted by atomic mass is 9.87. The van der Waals surface area contributed by atoms with E-state index in [1.54, 1.807) is 12.2 Å². The van der Waals surface area contributed by atoms with Crippen molar-refractivity contribution in [2.24, 2.45) is 5.73 Å². The number of aromatic amines is 1. The van der Waals surface area contributed by atoms with Crippen molar-refractivity contribution in [3.63, 3.8) is 0 Å². The van der Waals surface area contributed by atoms with Crippen LogP contribution in [0.15, 0.2) is 90.3 Å². The molecule has 176 valence electrons. The lowest BCUT2D eigenvalue weighted by Gasteiger charge is -2.39. The van der Waals surface area contributed by atoms with Crippen molar-refractivity contribution < 1.29 is 9.90 Å². The van der Waals surface area contributed by atoms with Gasteiger partial charge in [-0.2, -0.15) is 0 Å². The number of amides is 1. The Morgan fingerprint density at radius 1 is 1.38 bits per heavy atom. The molecule has 6 nitrogen and oxygen atoms in total. The lowest BCUT2D eigenvalue weighted by Crippen LogP contribution is -2.48. The first-order valence-corrected chi connectivity index (χ1v) is 11.7. The van der Waals surface area contributed by atoms with Crippen LogP contribution in [0.5, 0.6) is 0 Å². The monoisotopic (exact) mass is 456 g/mol. The first-order valence-electron chi connectivity index (χ1n) is 11.7. The van der Waals surface area contributed by atoms with Crippen LogP contribution in [0.3, 0.4) is 0 Å². The third-order valence-corrected chi connectivity index (χ3v) is 6.41. The van der Waals surface area contributed by atoms with E-state index in [0.29, 0.717) is 13.0 Å². The summed E-state index contributed by atoms with van der Waals surface area (Å²) in [6, 6.07) is 9.19. The molecule has 1 amide bonds. The highest BCUT2D eigenvalue weighted by Crippen LogP contribution is 2.38. The van der Waals surface area contributed by atoms with E-state index in [2.05, 4.69) is 23.7 Å². The third kappa shape index (κ3) is 5.13. The van der Waals surface area contributed by atoms with Crippen LogP contribution < -0.4 is 5.73 Å². The fraction of sp³-hybridized carbons (Fsp3) is 0.286. The molecule has 0 saturated heterocycles. The SMILES string of the molecule is C=C/C(O)=C\C=C\C[C@H](N)C(=O)N1CC2=C(C=CCC2)C[C@H]1c1nc(-c2ccccc2)c(C)[nH]1. The number of hydrogen-bond acceptors (Lipinski definition) is 4. The number of hydrogen-bond donors (Lipinski definition) is 3. The number of aliphatic hydroxyl groups excluding tert-OH is 1. The second-order valence-corrected chi connectivity index (χ2v) is 8.78. The molecule has 1 aliphatic heterocycles. The molecule has 0 spiro atoms. The first-order chi connectivity index (χ1) is 16.5. The van der Waals surface area contributed by atoms with Gasteiger partial charge in [0.2, 0.25) is 5.91 Å². The van der Waals surface area contributed by atoms with Crippen molar-refractivity contribution in [2.45, 2.75) is 44.7 Å². The van der Waals surface area contributed by atoms with E-state index >= 15 is 0 Å². The number of carbonyl (C=O) groups is 1. The molecule has 1 aromatic carbocycles. The molecule has 1 aliphatic carbocycles. The number of nitrogens with zero attached hydrogens (tertiary/aromatic N) is 2. The zero-order chi connectivity index (χ0) is 24.1. The average Bonchev–Trinajstić information content (AvgIpc) is 3.26. The molecular formula is C28H32N4O2. The summed E-state index contributed by atoms with van der Waals surface area (Å²) < 4.78 is 0. The van der Waals surface area contributed by atoms with E-state index in [0.717, 1.165) is 42.0 Å². The zero-order valence-electron chi connectivity index (χ0n) is 19.6. The highest BCUT2D eigenvalue weighted by atomic mass is 16.3. The molecule has 2 aliphatic rings. The van der Waals surface area contributed by atoms with E-state index in [1.807, 2.05) is 42.2 Å². The molecule has 2 atom stereocenters. The number of aryl methyl sites for hydroxylation is 1.